The molecule has 2 rings (SSSR count). The summed E-state index contributed by atoms with van der Waals surface area (Å²) in [4.78, 5) is 14.2. The van der Waals surface area contributed by atoms with Crippen LogP contribution in [-0.2, 0) is 0 Å². The van der Waals surface area contributed by atoms with E-state index in [2.05, 4.69) is 11.9 Å². The molecule has 0 unspecified atom stereocenters. The van der Waals surface area contributed by atoms with Gasteiger partial charge in [-0.05, 0) is 24.6 Å². The third kappa shape index (κ3) is 1.42. The van der Waals surface area contributed by atoms with Crippen molar-refractivity contribution in [2.45, 2.75) is 0 Å². The van der Waals surface area contributed by atoms with Crippen molar-refractivity contribution in [3.63, 3.8) is 0 Å². The minimum atomic E-state index is -0.421. The van der Waals surface area contributed by atoms with Crippen molar-refractivity contribution in [3.05, 3.63) is 53.1 Å². The minimum Gasteiger partial charge on any atom is -0.258 e. The topological polar surface area (TPSA) is 56.0 Å². The fourth-order valence-electron chi connectivity index (χ4n) is 1.28. The highest BCUT2D eigenvalue weighted by Gasteiger charge is 2.05. The third-order valence-corrected chi connectivity index (χ3v) is 1.93. The van der Waals surface area contributed by atoms with Gasteiger partial charge in [0.05, 0.1) is 10.4 Å². The molecule has 14 heavy (non-hydrogen) atoms. The van der Waals surface area contributed by atoms with Crippen LogP contribution in [0.25, 0.3) is 10.9 Å². The molecule has 0 atom stereocenters. The maximum atomic E-state index is 10.5. The Kier molecular flexibility index (Phi) is 1.89. The quantitative estimate of drug-likeness (QED) is 0.508. The van der Waals surface area contributed by atoms with Crippen molar-refractivity contribution in [3.8, 4) is 0 Å². The minimum absolute atomic E-state index is 0.0740. The molecule has 2 aromatic rings. The van der Waals surface area contributed by atoms with Crippen molar-refractivity contribution in [2.75, 3.05) is 0 Å². The van der Waals surface area contributed by atoms with Gasteiger partial charge in [-0.1, -0.05) is 0 Å². The highest BCUT2D eigenvalue weighted by atomic mass is 16.6. The first kappa shape index (κ1) is 8.62. The maximum Gasteiger partial charge on any atom is 0.270 e. The van der Waals surface area contributed by atoms with E-state index in [-0.39, 0.29) is 5.69 Å². The van der Waals surface area contributed by atoms with Crippen LogP contribution in [0.3, 0.4) is 0 Å². The molecule has 1 heterocycles. The Balaban J connectivity index is 2.69. The second-order valence-electron chi connectivity index (χ2n) is 2.98. The van der Waals surface area contributed by atoms with Crippen LogP contribution in [0.1, 0.15) is 5.56 Å². The number of hydrogen-bond donors (Lipinski definition) is 0. The molecular weight excluding hydrogens is 180 g/mol. The summed E-state index contributed by atoms with van der Waals surface area (Å²) in [6, 6.07) is 6.34. The summed E-state index contributed by atoms with van der Waals surface area (Å²) in [6.07, 6.45) is 1.63. The van der Waals surface area contributed by atoms with Gasteiger partial charge in [-0.25, -0.2) is 0 Å². The summed E-state index contributed by atoms with van der Waals surface area (Å²) in [5, 5.41) is 11.2. The van der Waals surface area contributed by atoms with Crippen LogP contribution in [0.15, 0.2) is 30.5 Å². The van der Waals surface area contributed by atoms with Crippen molar-refractivity contribution in [1.29, 1.82) is 0 Å². The lowest BCUT2D eigenvalue weighted by atomic mass is 10.1. The van der Waals surface area contributed by atoms with E-state index >= 15 is 0 Å². The fraction of sp³-hybridized carbons (Fsp3) is 0. The predicted molar refractivity (Wildman–Crippen MR) is 52.9 cm³/mol. The molecule has 0 bridgehead atoms. The lowest BCUT2D eigenvalue weighted by Crippen LogP contribution is -1.88. The zero-order valence-corrected chi connectivity index (χ0v) is 7.30. The molecule has 0 saturated carbocycles. The summed E-state index contributed by atoms with van der Waals surface area (Å²) < 4.78 is 0. The van der Waals surface area contributed by atoms with Gasteiger partial charge in [0.25, 0.3) is 5.69 Å². The largest absolute Gasteiger partial charge is 0.270 e. The first-order valence-electron chi connectivity index (χ1n) is 4.03. The Bertz CT molecular complexity index is 508. The van der Waals surface area contributed by atoms with Crippen molar-refractivity contribution >= 4 is 16.6 Å². The van der Waals surface area contributed by atoms with Crippen LogP contribution in [0, 0.1) is 17.0 Å². The fourth-order valence-corrected chi connectivity index (χ4v) is 1.28. The highest BCUT2D eigenvalue weighted by Crippen LogP contribution is 2.19. The van der Waals surface area contributed by atoms with E-state index in [0.717, 1.165) is 16.5 Å². The summed E-state index contributed by atoms with van der Waals surface area (Å²) >= 11 is 0. The van der Waals surface area contributed by atoms with Crippen molar-refractivity contribution in [2.24, 2.45) is 0 Å². The molecule has 0 aliphatic heterocycles. The van der Waals surface area contributed by atoms with Gasteiger partial charge in [0, 0.05) is 23.7 Å². The molecular formula is C10H7N2O2. The number of rotatable bonds is 1. The molecule has 1 radical (unpaired) electrons. The van der Waals surface area contributed by atoms with Crippen molar-refractivity contribution < 1.29 is 4.92 Å². The Labute approximate surface area is 80.4 Å². The van der Waals surface area contributed by atoms with Gasteiger partial charge >= 0.3 is 0 Å². The average molecular weight is 187 g/mol. The number of nitrogens with zero attached hydrogens (tertiary/aromatic N) is 2. The van der Waals surface area contributed by atoms with E-state index in [4.69, 9.17) is 0 Å². The van der Waals surface area contributed by atoms with E-state index in [9.17, 15) is 10.1 Å². The number of hydrogen-bond acceptors (Lipinski definition) is 3. The Morgan fingerprint density at radius 1 is 1.36 bits per heavy atom. The molecule has 4 heteroatoms. The molecule has 0 amide bonds. The van der Waals surface area contributed by atoms with Gasteiger partial charge in [-0.2, -0.15) is 0 Å². The summed E-state index contributed by atoms with van der Waals surface area (Å²) in [7, 11) is 0. The normalized spacial score (nSPS) is 10.4. The number of benzene rings is 1. The van der Waals surface area contributed by atoms with Crippen LogP contribution >= 0.6 is 0 Å². The Morgan fingerprint density at radius 2 is 2.14 bits per heavy atom. The summed E-state index contributed by atoms with van der Waals surface area (Å²) in [5.41, 5.74) is 1.56. The standard InChI is InChI=1S/C10H7N2O2/c1-7-4-8-5-9(12(13)14)2-3-10(8)11-6-7/h2-6H,1H2. The van der Waals surface area contributed by atoms with Crippen LogP contribution in [-0.4, -0.2) is 9.91 Å². The van der Waals surface area contributed by atoms with Gasteiger partial charge in [-0.15, -0.1) is 0 Å². The van der Waals surface area contributed by atoms with E-state index in [1.807, 2.05) is 0 Å². The first-order chi connectivity index (χ1) is 6.66. The summed E-state index contributed by atoms with van der Waals surface area (Å²) in [6.45, 7) is 3.71. The monoisotopic (exact) mass is 187 g/mol. The number of non-ortho nitro benzene ring substituents is 1. The smallest absolute Gasteiger partial charge is 0.258 e. The Hall–Kier alpha value is -1.97. The molecule has 0 aliphatic carbocycles. The van der Waals surface area contributed by atoms with E-state index in [1.165, 1.54) is 12.1 Å². The SMILES string of the molecule is [CH2]c1cnc2ccc([N+](=O)[O-])cc2c1. The number of pyridine rings is 1. The lowest BCUT2D eigenvalue weighted by Gasteiger charge is -1.97. The van der Waals surface area contributed by atoms with E-state index in [1.54, 1.807) is 18.3 Å². The van der Waals surface area contributed by atoms with Gasteiger partial charge < -0.3 is 0 Å². The molecule has 4 nitrogen and oxygen atoms in total. The molecule has 0 N–H and O–H groups in total. The highest BCUT2D eigenvalue weighted by molar-refractivity contribution is 5.81. The second-order valence-corrected chi connectivity index (χ2v) is 2.98. The maximum absolute atomic E-state index is 10.5. The zero-order chi connectivity index (χ0) is 10.1. The van der Waals surface area contributed by atoms with Gasteiger partial charge in [0.2, 0.25) is 0 Å². The molecule has 1 aromatic carbocycles. The average Bonchev–Trinajstić information content (AvgIpc) is 2.16. The van der Waals surface area contributed by atoms with Crippen molar-refractivity contribution in [1.82, 2.24) is 4.98 Å². The number of fused-ring (bicyclic) bond motifs is 1. The molecule has 0 saturated heterocycles. The molecule has 69 valence electrons. The lowest BCUT2D eigenvalue weighted by molar-refractivity contribution is -0.384. The third-order valence-electron chi connectivity index (χ3n) is 1.93. The van der Waals surface area contributed by atoms with Crippen LogP contribution in [0.2, 0.25) is 0 Å². The van der Waals surface area contributed by atoms with Gasteiger partial charge in [0.15, 0.2) is 0 Å². The van der Waals surface area contributed by atoms with Crippen LogP contribution in [0.4, 0.5) is 5.69 Å². The second kappa shape index (κ2) is 3.06. The number of nitro benzene ring substituents is 1. The first-order valence-corrected chi connectivity index (χ1v) is 4.03. The van der Waals surface area contributed by atoms with Crippen LogP contribution in [0.5, 0.6) is 0 Å². The molecule has 0 fully saturated rings. The Morgan fingerprint density at radius 3 is 2.86 bits per heavy atom. The number of nitro groups is 1. The van der Waals surface area contributed by atoms with E-state index in [0.29, 0.717) is 0 Å². The van der Waals surface area contributed by atoms with Crippen LogP contribution < -0.4 is 0 Å². The van der Waals surface area contributed by atoms with E-state index < -0.39 is 4.92 Å². The van der Waals surface area contributed by atoms with Gasteiger partial charge in [0.1, 0.15) is 0 Å². The zero-order valence-electron chi connectivity index (χ0n) is 7.30. The predicted octanol–water partition coefficient (Wildman–Crippen LogP) is 2.33. The number of aromatic nitrogens is 1. The van der Waals surface area contributed by atoms with Gasteiger partial charge in [-0.3, -0.25) is 15.1 Å². The summed E-state index contributed by atoms with van der Waals surface area (Å²) in [5.74, 6) is 0. The molecule has 1 aromatic heterocycles. The molecule has 0 aliphatic rings. The molecule has 0 spiro atoms.